The van der Waals surface area contributed by atoms with Gasteiger partial charge in [-0.25, -0.2) is 0 Å². The van der Waals surface area contributed by atoms with Crippen LogP contribution in [0.25, 0.3) is 0 Å². The number of nitrogens with zero attached hydrogens (tertiary/aromatic N) is 3. The number of benzene rings is 1. The second-order valence-electron chi connectivity index (χ2n) is 9.95. The first-order chi connectivity index (χ1) is 16.9. The van der Waals surface area contributed by atoms with Gasteiger partial charge in [0.15, 0.2) is 0 Å². The summed E-state index contributed by atoms with van der Waals surface area (Å²) in [4.78, 5) is 23.6. The van der Waals surface area contributed by atoms with Gasteiger partial charge >= 0.3 is 0 Å². The molecule has 1 aromatic heterocycles. The summed E-state index contributed by atoms with van der Waals surface area (Å²) in [7, 11) is 0. The number of piperidine rings is 1. The van der Waals surface area contributed by atoms with Crippen molar-refractivity contribution >= 4 is 29.1 Å². The summed E-state index contributed by atoms with van der Waals surface area (Å²) in [5, 5.41) is 1.28. The van der Waals surface area contributed by atoms with Gasteiger partial charge in [0.2, 0.25) is 5.91 Å². The molecule has 2 fully saturated rings. The second kappa shape index (κ2) is 11.4. The summed E-state index contributed by atoms with van der Waals surface area (Å²) in [5.74, 6) is 0.196. The van der Waals surface area contributed by atoms with E-state index in [2.05, 4.69) is 36.3 Å². The first kappa shape index (κ1) is 26.2. The van der Waals surface area contributed by atoms with Crippen LogP contribution in [0.15, 0.2) is 55.3 Å². The lowest BCUT2D eigenvalue weighted by Crippen LogP contribution is -2.58. The third-order valence-electron chi connectivity index (χ3n) is 7.46. The summed E-state index contributed by atoms with van der Waals surface area (Å²) in [5.41, 5.74) is 1.41. The van der Waals surface area contributed by atoms with Gasteiger partial charge < -0.3 is 9.64 Å². The number of aromatic nitrogens is 1. The maximum atomic E-state index is 14.3. The third-order valence-corrected chi connectivity index (χ3v) is 7.92. The first-order valence-corrected chi connectivity index (χ1v) is 13.2. The van der Waals surface area contributed by atoms with E-state index in [9.17, 15) is 4.79 Å². The van der Waals surface area contributed by atoms with Crippen molar-refractivity contribution in [2.75, 3.05) is 32.8 Å². The van der Waals surface area contributed by atoms with Gasteiger partial charge in [-0.3, -0.25) is 14.7 Å². The number of carbonyl (C=O) groups is 1. The first-order valence-electron chi connectivity index (χ1n) is 12.5. The monoisotopic (exact) mass is 515 g/mol. The largest absolute Gasteiger partial charge is 0.379 e. The van der Waals surface area contributed by atoms with E-state index in [0.717, 1.165) is 50.5 Å². The average molecular weight is 517 g/mol. The van der Waals surface area contributed by atoms with Gasteiger partial charge in [-0.2, -0.15) is 0 Å². The summed E-state index contributed by atoms with van der Waals surface area (Å²) in [6.07, 6.45) is 5.70. The number of likely N-dealkylation sites (tertiary alicyclic amines) is 1. The van der Waals surface area contributed by atoms with E-state index < -0.39 is 5.41 Å². The van der Waals surface area contributed by atoms with Gasteiger partial charge in [0.05, 0.1) is 35.4 Å². The van der Waals surface area contributed by atoms with Crippen molar-refractivity contribution in [3.8, 4) is 0 Å². The molecule has 7 heteroatoms. The highest BCUT2D eigenvalue weighted by molar-refractivity contribution is 6.30. The quantitative estimate of drug-likeness (QED) is 0.396. The fourth-order valence-corrected chi connectivity index (χ4v) is 5.95. The molecule has 1 amide bonds. The van der Waals surface area contributed by atoms with Crippen LogP contribution in [0.3, 0.4) is 0 Å². The van der Waals surface area contributed by atoms with Crippen molar-refractivity contribution in [1.82, 2.24) is 14.8 Å². The minimum Gasteiger partial charge on any atom is -0.379 e. The zero-order chi connectivity index (χ0) is 25.0. The van der Waals surface area contributed by atoms with Gasteiger partial charge in [-0.1, -0.05) is 55.3 Å². The minimum atomic E-state index is -0.559. The van der Waals surface area contributed by atoms with Crippen LogP contribution in [0.4, 0.5) is 0 Å². The van der Waals surface area contributed by atoms with Gasteiger partial charge in [-0.15, -0.1) is 6.58 Å². The molecule has 4 rings (SSSR count). The molecular formula is C28H35Cl2N3O2. The molecule has 35 heavy (non-hydrogen) atoms. The molecule has 0 saturated carbocycles. The van der Waals surface area contributed by atoms with Crippen LogP contribution >= 0.6 is 23.2 Å². The molecule has 1 unspecified atom stereocenters. The molecule has 3 heterocycles. The summed E-state index contributed by atoms with van der Waals surface area (Å²) < 4.78 is 5.57. The number of hydrogen-bond donors (Lipinski definition) is 0. The highest BCUT2D eigenvalue weighted by Gasteiger charge is 2.51. The van der Waals surface area contributed by atoms with Crippen LogP contribution in [0.5, 0.6) is 0 Å². The van der Waals surface area contributed by atoms with Crippen molar-refractivity contribution in [1.29, 1.82) is 0 Å². The molecule has 188 valence electrons. The minimum absolute atomic E-state index is 0.0313. The maximum Gasteiger partial charge on any atom is 0.229 e. The predicted octanol–water partition coefficient (Wildman–Crippen LogP) is 6.14. The Bertz CT molecular complexity index is 1030. The normalized spacial score (nSPS) is 26.5. The van der Waals surface area contributed by atoms with Crippen LogP contribution in [-0.4, -0.2) is 59.6 Å². The molecule has 0 aliphatic carbocycles. The molecule has 0 radical (unpaired) electrons. The zero-order valence-electron chi connectivity index (χ0n) is 20.6. The Morgan fingerprint density at radius 1 is 1.23 bits per heavy atom. The van der Waals surface area contributed by atoms with Crippen molar-refractivity contribution in [3.63, 3.8) is 0 Å². The molecule has 2 saturated heterocycles. The number of allylic oxidation sites excluding steroid dienone is 1. The van der Waals surface area contributed by atoms with Crippen LogP contribution < -0.4 is 0 Å². The average Bonchev–Trinajstić information content (AvgIpc) is 2.86. The number of rotatable bonds is 8. The molecule has 0 N–H and O–H groups in total. The summed E-state index contributed by atoms with van der Waals surface area (Å²) in [6, 6.07) is 11.7. The Kier molecular flexibility index (Phi) is 8.54. The fraction of sp³-hybridized carbons (Fsp3) is 0.500. The van der Waals surface area contributed by atoms with E-state index in [1.807, 2.05) is 36.4 Å². The Hall–Kier alpha value is -1.92. The topological polar surface area (TPSA) is 45.7 Å². The SMILES string of the molecule is C=CC[C@@]1(C)C[C@H](c2cccc(Cl)c2)[C@@H](c2ccc(Cl)cn2)N(C(CC)CN2CCOCC2)C1=O. The highest BCUT2D eigenvalue weighted by Crippen LogP contribution is 2.52. The standard InChI is InChI=1S/C28H35Cl2N3O2/c1-4-11-28(3)17-24(20-7-6-8-21(29)16-20)26(25-10-9-22(30)18-31-25)33(27(28)34)23(5-2)19-32-12-14-35-15-13-32/h4,6-10,16,18,23-24,26H,1,5,11-15,17,19H2,2-3H3/t23?,24-,26+,28+/m1/s1. The van der Waals surface area contributed by atoms with Crippen molar-refractivity contribution in [2.45, 2.75) is 51.1 Å². The van der Waals surface area contributed by atoms with E-state index in [-0.39, 0.29) is 23.9 Å². The lowest BCUT2D eigenvalue weighted by Gasteiger charge is -2.52. The molecule has 2 aromatic rings. The van der Waals surface area contributed by atoms with E-state index in [1.54, 1.807) is 6.20 Å². The zero-order valence-corrected chi connectivity index (χ0v) is 22.1. The number of hydrogen-bond acceptors (Lipinski definition) is 4. The van der Waals surface area contributed by atoms with Gasteiger partial charge in [-0.05, 0) is 49.1 Å². The lowest BCUT2D eigenvalue weighted by molar-refractivity contribution is -0.155. The Morgan fingerprint density at radius 3 is 2.63 bits per heavy atom. The third kappa shape index (κ3) is 5.75. The van der Waals surface area contributed by atoms with Gasteiger partial charge in [0, 0.05) is 42.8 Å². The van der Waals surface area contributed by atoms with Crippen LogP contribution in [0, 0.1) is 5.41 Å². The molecular weight excluding hydrogens is 481 g/mol. The maximum absolute atomic E-state index is 14.3. The van der Waals surface area contributed by atoms with E-state index in [1.165, 1.54) is 0 Å². The van der Waals surface area contributed by atoms with Crippen LogP contribution in [-0.2, 0) is 9.53 Å². The number of carbonyl (C=O) groups excluding carboxylic acids is 1. The molecule has 2 aliphatic heterocycles. The Labute approximate surface area is 219 Å². The summed E-state index contributed by atoms with van der Waals surface area (Å²) in [6.45, 7) is 12.2. The molecule has 4 atom stereocenters. The van der Waals surface area contributed by atoms with Crippen molar-refractivity contribution in [3.05, 3.63) is 76.6 Å². The number of pyridine rings is 1. The van der Waals surface area contributed by atoms with Gasteiger partial charge in [0.25, 0.3) is 0 Å². The lowest BCUT2D eigenvalue weighted by atomic mass is 9.67. The molecule has 2 aliphatic rings. The summed E-state index contributed by atoms with van der Waals surface area (Å²) >= 11 is 12.7. The Balaban J connectivity index is 1.83. The van der Waals surface area contributed by atoms with Crippen LogP contribution in [0.1, 0.15) is 56.3 Å². The smallest absolute Gasteiger partial charge is 0.229 e. The molecule has 0 spiro atoms. The van der Waals surface area contributed by atoms with Crippen LogP contribution in [0.2, 0.25) is 10.0 Å². The van der Waals surface area contributed by atoms with Crippen molar-refractivity contribution < 1.29 is 9.53 Å². The number of halogens is 2. The molecule has 5 nitrogen and oxygen atoms in total. The second-order valence-corrected chi connectivity index (χ2v) is 10.8. The molecule has 0 bridgehead atoms. The van der Waals surface area contributed by atoms with E-state index >= 15 is 0 Å². The Morgan fingerprint density at radius 2 is 2.00 bits per heavy atom. The number of amides is 1. The van der Waals surface area contributed by atoms with E-state index in [4.69, 9.17) is 32.9 Å². The molecule has 1 aromatic carbocycles. The predicted molar refractivity (Wildman–Crippen MR) is 142 cm³/mol. The van der Waals surface area contributed by atoms with Gasteiger partial charge in [0.1, 0.15) is 0 Å². The van der Waals surface area contributed by atoms with Crippen molar-refractivity contribution in [2.24, 2.45) is 5.41 Å². The van der Waals surface area contributed by atoms with E-state index in [0.29, 0.717) is 22.9 Å². The number of ether oxygens (including phenoxy) is 1. The number of morpholine rings is 1. The highest BCUT2D eigenvalue weighted by atomic mass is 35.5. The fourth-order valence-electron chi connectivity index (χ4n) is 5.64.